The van der Waals surface area contributed by atoms with Crippen LogP contribution in [0.25, 0.3) is 0 Å². The van der Waals surface area contributed by atoms with Crippen LogP contribution >= 0.6 is 0 Å². The van der Waals surface area contributed by atoms with Crippen LogP contribution in [-0.4, -0.2) is 34.4 Å². The molecule has 1 aliphatic heterocycles. The molecule has 0 atom stereocenters. The van der Waals surface area contributed by atoms with E-state index in [1.807, 2.05) is 23.1 Å². The van der Waals surface area contributed by atoms with Gasteiger partial charge in [-0.3, -0.25) is 4.79 Å². The highest BCUT2D eigenvalue weighted by atomic mass is 16.5. The predicted molar refractivity (Wildman–Crippen MR) is 73.5 cm³/mol. The Bertz CT molecular complexity index is 643. The van der Waals surface area contributed by atoms with Crippen molar-refractivity contribution in [1.29, 1.82) is 0 Å². The van der Waals surface area contributed by atoms with Crippen LogP contribution in [0.5, 0.6) is 5.75 Å². The topological polar surface area (TPSA) is 55.3 Å². The van der Waals surface area contributed by atoms with E-state index >= 15 is 0 Å². The van der Waals surface area contributed by atoms with Crippen molar-refractivity contribution in [3.05, 3.63) is 53.6 Å². The molecule has 0 saturated carbocycles. The van der Waals surface area contributed by atoms with Gasteiger partial charge < -0.3 is 9.64 Å². The number of methoxy groups -OCH3 is 1. The molecule has 2 heterocycles. The lowest BCUT2D eigenvalue weighted by Gasteiger charge is -2.28. The van der Waals surface area contributed by atoms with Gasteiger partial charge in [-0.2, -0.15) is 0 Å². The zero-order valence-electron chi connectivity index (χ0n) is 11.2. The largest absolute Gasteiger partial charge is 0.497 e. The maximum absolute atomic E-state index is 12.5. The standard InChI is InChI=1S/C15H15N3O2/c1-20-13-4-2-3-11(7-13)15(19)18-6-5-14-12(9-18)8-16-10-17-14/h2-4,7-8,10H,5-6,9H2,1H3. The van der Waals surface area contributed by atoms with E-state index in [-0.39, 0.29) is 5.91 Å². The van der Waals surface area contributed by atoms with E-state index in [2.05, 4.69) is 9.97 Å². The summed E-state index contributed by atoms with van der Waals surface area (Å²) in [6.07, 6.45) is 4.11. The van der Waals surface area contributed by atoms with E-state index in [1.54, 1.807) is 25.7 Å². The van der Waals surface area contributed by atoms with Crippen molar-refractivity contribution in [1.82, 2.24) is 14.9 Å². The van der Waals surface area contributed by atoms with E-state index in [0.717, 1.165) is 17.7 Å². The van der Waals surface area contributed by atoms with Gasteiger partial charge in [-0.1, -0.05) is 6.07 Å². The van der Waals surface area contributed by atoms with E-state index in [0.29, 0.717) is 24.4 Å². The fourth-order valence-electron chi connectivity index (χ4n) is 2.38. The maximum Gasteiger partial charge on any atom is 0.254 e. The second-order valence-corrected chi connectivity index (χ2v) is 4.70. The molecule has 0 saturated heterocycles. The van der Waals surface area contributed by atoms with Crippen molar-refractivity contribution in [2.75, 3.05) is 13.7 Å². The number of rotatable bonds is 2. The maximum atomic E-state index is 12.5. The van der Waals surface area contributed by atoms with Gasteiger partial charge in [0.25, 0.3) is 5.91 Å². The van der Waals surface area contributed by atoms with E-state index < -0.39 is 0 Å². The first-order valence-electron chi connectivity index (χ1n) is 6.49. The molecule has 0 radical (unpaired) electrons. The fourth-order valence-corrected chi connectivity index (χ4v) is 2.38. The Morgan fingerprint density at radius 2 is 2.30 bits per heavy atom. The van der Waals surface area contributed by atoms with Gasteiger partial charge in [0.1, 0.15) is 12.1 Å². The summed E-state index contributed by atoms with van der Waals surface area (Å²) in [7, 11) is 1.60. The minimum atomic E-state index is 0.0124. The predicted octanol–water partition coefficient (Wildman–Crippen LogP) is 1.68. The number of carbonyl (C=O) groups excluding carboxylic acids is 1. The van der Waals surface area contributed by atoms with Crippen molar-refractivity contribution in [3.63, 3.8) is 0 Å². The molecule has 1 aliphatic rings. The third-order valence-electron chi connectivity index (χ3n) is 3.46. The minimum Gasteiger partial charge on any atom is -0.497 e. The van der Waals surface area contributed by atoms with Gasteiger partial charge in [-0.15, -0.1) is 0 Å². The van der Waals surface area contributed by atoms with Crippen LogP contribution in [-0.2, 0) is 13.0 Å². The third-order valence-corrected chi connectivity index (χ3v) is 3.46. The highest BCUT2D eigenvalue weighted by molar-refractivity contribution is 5.94. The molecular formula is C15H15N3O2. The Balaban J connectivity index is 1.82. The van der Waals surface area contributed by atoms with Gasteiger partial charge >= 0.3 is 0 Å². The molecule has 1 aromatic heterocycles. The van der Waals surface area contributed by atoms with Crippen molar-refractivity contribution < 1.29 is 9.53 Å². The molecule has 20 heavy (non-hydrogen) atoms. The summed E-state index contributed by atoms with van der Waals surface area (Å²) in [6, 6.07) is 7.23. The molecule has 0 spiro atoms. The lowest BCUT2D eigenvalue weighted by atomic mass is 10.1. The summed E-state index contributed by atoms with van der Waals surface area (Å²) in [6.45, 7) is 1.24. The number of hydrogen-bond acceptors (Lipinski definition) is 4. The molecule has 0 aliphatic carbocycles. The van der Waals surface area contributed by atoms with Gasteiger partial charge in [0.2, 0.25) is 0 Å². The first kappa shape index (κ1) is 12.6. The molecule has 0 N–H and O–H groups in total. The first-order chi connectivity index (χ1) is 9.78. The number of nitrogens with zero attached hydrogens (tertiary/aromatic N) is 3. The normalized spacial score (nSPS) is 13.8. The van der Waals surface area contributed by atoms with Gasteiger partial charge in [0, 0.05) is 36.8 Å². The van der Waals surface area contributed by atoms with Crippen LogP contribution in [0.15, 0.2) is 36.8 Å². The molecule has 0 bridgehead atoms. The number of benzene rings is 1. The SMILES string of the molecule is COc1cccc(C(=O)N2CCc3ncncc3C2)c1. The summed E-state index contributed by atoms with van der Waals surface area (Å²) in [4.78, 5) is 22.6. The lowest BCUT2D eigenvalue weighted by Crippen LogP contribution is -2.36. The molecule has 102 valence electrons. The summed E-state index contributed by atoms with van der Waals surface area (Å²) in [5.74, 6) is 0.704. The molecule has 0 fully saturated rings. The number of carbonyl (C=O) groups is 1. The Labute approximate surface area is 117 Å². The Morgan fingerprint density at radius 3 is 3.15 bits per heavy atom. The highest BCUT2D eigenvalue weighted by Crippen LogP contribution is 2.20. The second-order valence-electron chi connectivity index (χ2n) is 4.70. The summed E-state index contributed by atoms with van der Waals surface area (Å²) in [5.41, 5.74) is 2.70. The zero-order valence-corrected chi connectivity index (χ0v) is 11.2. The van der Waals surface area contributed by atoms with Gasteiger partial charge in [0.15, 0.2) is 0 Å². The van der Waals surface area contributed by atoms with Gasteiger partial charge in [0.05, 0.1) is 12.8 Å². The fraction of sp³-hybridized carbons (Fsp3) is 0.267. The number of aromatic nitrogens is 2. The van der Waals surface area contributed by atoms with Crippen molar-refractivity contribution >= 4 is 5.91 Å². The van der Waals surface area contributed by atoms with E-state index in [9.17, 15) is 4.79 Å². The highest BCUT2D eigenvalue weighted by Gasteiger charge is 2.22. The van der Waals surface area contributed by atoms with Crippen LogP contribution in [0, 0.1) is 0 Å². The number of amides is 1. The second kappa shape index (κ2) is 5.28. The van der Waals surface area contributed by atoms with Crippen LogP contribution in [0.4, 0.5) is 0 Å². The number of fused-ring (bicyclic) bond motifs is 1. The van der Waals surface area contributed by atoms with Crippen molar-refractivity contribution in [3.8, 4) is 5.75 Å². The third kappa shape index (κ3) is 2.34. The summed E-state index contributed by atoms with van der Waals surface area (Å²) in [5, 5.41) is 0. The molecule has 1 aromatic carbocycles. The van der Waals surface area contributed by atoms with Crippen LogP contribution in [0.3, 0.4) is 0 Å². The Kier molecular flexibility index (Phi) is 3.33. The number of ether oxygens (including phenoxy) is 1. The quantitative estimate of drug-likeness (QED) is 0.832. The molecule has 5 nitrogen and oxygen atoms in total. The van der Waals surface area contributed by atoms with E-state index in [4.69, 9.17) is 4.74 Å². The zero-order chi connectivity index (χ0) is 13.9. The van der Waals surface area contributed by atoms with E-state index in [1.165, 1.54) is 0 Å². The Morgan fingerprint density at radius 1 is 1.40 bits per heavy atom. The molecule has 1 amide bonds. The molecular weight excluding hydrogens is 254 g/mol. The number of hydrogen-bond donors (Lipinski definition) is 0. The Hall–Kier alpha value is -2.43. The van der Waals surface area contributed by atoms with Crippen molar-refractivity contribution in [2.24, 2.45) is 0 Å². The molecule has 2 aromatic rings. The van der Waals surface area contributed by atoms with Crippen LogP contribution in [0.2, 0.25) is 0 Å². The molecule has 5 heteroatoms. The van der Waals surface area contributed by atoms with Crippen LogP contribution < -0.4 is 4.74 Å². The minimum absolute atomic E-state index is 0.0124. The van der Waals surface area contributed by atoms with Gasteiger partial charge in [-0.05, 0) is 18.2 Å². The molecule has 0 unspecified atom stereocenters. The summed E-state index contributed by atoms with van der Waals surface area (Å²) < 4.78 is 5.16. The van der Waals surface area contributed by atoms with Crippen molar-refractivity contribution in [2.45, 2.75) is 13.0 Å². The summed E-state index contributed by atoms with van der Waals surface area (Å²) >= 11 is 0. The average molecular weight is 269 g/mol. The average Bonchev–Trinajstić information content (AvgIpc) is 2.53. The lowest BCUT2D eigenvalue weighted by molar-refractivity contribution is 0.0733. The van der Waals surface area contributed by atoms with Gasteiger partial charge in [-0.25, -0.2) is 9.97 Å². The first-order valence-corrected chi connectivity index (χ1v) is 6.49. The van der Waals surface area contributed by atoms with Crippen LogP contribution in [0.1, 0.15) is 21.6 Å². The molecule has 3 rings (SSSR count). The smallest absolute Gasteiger partial charge is 0.254 e. The monoisotopic (exact) mass is 269 g/mol.